The van der Waals surface area contributed by atoms with Crippen LogP contribution in [0.1, 0.15) is 25.0 Å². The molecular weight excluding hydrogens is 305 g/mol. The number of aromatic nitrogens is 3. The summed E-state index contributed by atoms with van der Waals surface area (Å²) in [6, 6.07) is 1.00. The lowest BCUT2D eigenvalue weighted by atomic mass is 10.1. The summed E-state index contributed by atoms with van der Waals surface area (Å²) in [6.07, 6.45) is 1.46. The molecule has 1 saturated carbocycles. The number of nitrogens with one attached hydrogen (secondary N) is 1. The quantitative estimate of drug-likeness (QED) is 0.880. The number of anilines is 1. The first-order valence-electron chi connectivity index (χ1n) is 6.74. The molecule has 2 heterocycles. The Labute approximate surface area is 124 Å². The topological polar surface area (TPSA) is 42.2 Å². The minimum Gasteiger partial charge on any atom is -0.368 e. The molecule has 8 heteroatoms. The van der Waals surface area contributed by atoms with Gasteiger partial charge in [-0.25, -0.2) is 9.50 Å². The average Bonchev–Trinajstić information content (AvgIpc) is 3.02. The van der Waals surface area contributed by atoms with E-state index in [9.17, 15) is 13.2 Å². The van der Waals surface area contributed by atoms with Crippen molar-refractivity contribution < 1.29 is 13.2 Å². The Kier molecular flexibility index (Phi) is 3.69. The molecule has 2 aromatic heterocycles. The molecule has 4 nitrogen and oxygen atoms in total. The third kappa shape index (κ3) is 2.92. The highest BCUT2D eigenvalue weighted by molar-refractivity contribution is 6.21. The van der Waals surface area contributed by atoms with Crippen LogP contribution in [0.15, 0.2) is 18.5 Å². The summed E-state index contributed by atoms with van der Waals surface area (Å²) in [5, 5.41) is 6.74. The normalized spacial score (nSPS) is 22.9. The SMILES string of the molecule is FC(F)(F)c1cc2c(NCC3CCCC3Cl)nccn2n1. The molecule has 2 atom stereocenters. The summed E-state index contributed by atoms with van der Waals surface area (Å²) in [4.78, 5) is 4.11. The summed E-state index contributed by atoms with van der Waals surface area (Å²) in [6.45, 7) is 0.605. The fourth-order valence-electron chi connectivity index (χ4n) is 2.65. The van der Waals surface area contributed by atoms with Crippen molar-refractivity contribution in [3.05, 3.63) is 24.2 Å². The number of hydrogen-bond donors (Lipinski definition) is 1. The van der Waals surface area contributed by atoms with Gasteiger partial charge in [-0.1, -0.05) is 6.42 Å². The van der Waals surface area contributed by atoms with Crippen LogP contribution in [0.2, 0.25) is 0 Å². The summed E-state index contributed by atoms with van der Waals surface area (Å²) < 4.78 is 39.3. The Balaban J connectivity index is 1.83. The van der Waals surface area contributed by atoms with Crippen LogP contribution in [-0.4, -0.2) is 26.5 Å². The Bertz CT molecular complexity index is 640. The lowest BCUT2D eigenvalue weighted by Crippen LogP contribution is -2.19. The molecule has 2 aromatic rings. The molecule has 0 saturated heterocycles. The van der Waals surface area contributed by atoms with E-state index in [2.05, 4.69) is 15.4 Å². The van der Waals surface area contributed by atoms with Gasteiger partial charge in [0, 0.05) is 30.4 Å². The van der Waals surface area contributed by atoms with E-state index < -0.39 is 11.9 Å². The van der Waals surface area contributed by atoms with Crippen LogP contribution in [0.4, 0.5) is 19.0 Å². The van der Waals surface area contributed by atoms with Gasteiger partial charge in [0.1, 0.15) is 5.52 Å². The third-order valence-electron chi connectivity index (χ3n) is 3.78. The molecule has 3 rings (SSSR count). The summed E-state index contributed by atoms with van der Waals surface area (Å²) >= 11 is 6.20. The Morgan fingerprint density at radius 3 is 2.86 bits per heavy atom. The molecule has 1 N–H and O–H groups in total. The average molecular weight is 319 g/mol. The number of nitrogens with zero attached hydrogens (tertiary/aromatic N) is 3. The molecule has 0 aliphatic heterocycles. The maximum atomic E-state index is 12.7. The number of fused-ring (bicyclic) bond motifs is 1. The fourth-order valence-corrected chi connectivity index (χ4v) is 3.02. The molecule has 0 radical (unpaired) electrons. The Morgan fingerprint density at radius 1 is 1.38 bits per heavy atom. The lowest BCUT2D eigenvalue weighted by Gasteiger charge is -2.15. The van der Waals surface area contributed by atoms with E-state index in [1.54, 1.807) is 0 Å². The number of hydrogen-bond acceptors (Lipinski definition) is 3. The summed E-state index contributed by atoms with van der Waals surface area (Å²) in [5.41, 5.74) is -0.608. The van der Waals surface area contributed by atoms with Crippen LogP contribution in [0.5, 0.6) is 0 Å². The van der Waals surface area contributed by atoms with E-state index in [-0.39, 0.29) is 5.38 Å². The van der Waals surface area contributed by atoms with Gasteiger partial charge in [-0.3, -0.25) is 0 Å². The molecule has 1 fully saturated rings. The second-order valence-corrected chi connectivity index (χ2v) is 5.78. The van der Waals surface area contributed by atoms with E-state index in [1.165, 1.54) is 16.9 Å². The van der Waals surface area contributed by atoms with Crippen LogP contribution in [0.25, 0.3) is 5.52 Å². The largest absolute Gasteiger partial charge is 0.435 e. The zero-order valence-electron chi connectivity index (χ0n) is 11.1. The van der Waals surface area contributed by atoms with E-state index in [0.717, 1.165) is 25.3 Å². The van der Waals surface area contributed by atoms with E-state index >= 15 is 0 Å². The third-order valence-corrected chi connectivity index (χ3v) is 4.35. The summed E-state index contributed by atoms with van der Waals surface area (Å²) in [5.74, 6) is 0.718. The van der Waals surface area contributed by atoms with Gasteiger partial charge in [-0.05, 0) is 18.8 Å². The number of rotatable bonds is 3. The highest BCUT2D eigenvalue weighted by Crippen LogP contribution is 2.32. The van der Waals surface area contributed by atoms with Gasteiger partial charge in [0.2, 0.25) is 0 Å². The zero-order chi connectivity index (χ0) is 15.0. The fraction of sp³-hybridized carbons (Fsp3) is 0.538. The van der Waals surface area contributed by atoms with Crippen molar-refractivity contribution in [1.82, 2.24) is 14.6 Å². The van der Waals surface area contributed by atoms with Crippen molar-refractivity contribution in [3.63, 3.8) is 0 Å². The number of halogens is 4. The van der Waals surface area contributed by atoms with Gasteiger partial charge >= 0.3 is 6.18 Å². The highest BCUT2D eigenvalue weighted by Gasteiger charge is 2.34. The smallest absolute Gasteiger partial charge is 0.368 e. The minimum absolute atomic E-state index is 0.118. The van der Waals surface area contributed by atoms with Gasteiger partial charge in [-0.2, -0.15) is 18.3 Å². The zero-order valence-corrected chi connectivity index (χ0v) is 11.8. The van der Waals surface area contributed by atoms with Crippen molar-refractivity contribution >= 4 is 22.9 Å². The maximum absolute atomic E-state index is 12.7. The van der Waals surface area contributed by atoms with Crippen molar-refractivity contribution in [1.29, 1.82) is 0 Å². The molecule has 0 bridgehead atoms. The van der Waals surface area contributed by atoms with E-state index in [1.807, 2.05) is 0 Å². The van der Waals surface area contributed by atoms with Crippen molar-refractivity contribution in [2.45, 2.75) is 30.8 Å². The van der Waals surface area contributed by atoms with Crippen molar-refractivity contribution in [2.24, 2.45) is 5.92 Å². The monoisotopic (exact) mass is 318 g/mol. The van der Waals surface area contributed by atoms with Crippen LogP contribution in [-0.2, 0) is 6.18 Å². The second kappa shape index (κ2) is 5.36. The molecule has 21 heavy (non-hydrogen) atoms. The van der Waals surface area contributed by atoms with Gasteiger partial charge in [0.05, 0.1) is 0 Å². The Hall–Kier alpha value is -1.50. The Morgan fingerprint density at radius 2 is 2.19 bits per heavy atom. The maximum Gasteiger partial charge on any atom is 0.435 e. The van der Waals surface area contributed by atoms with Crippen molar-refractivity contribution in [2.75, 3.05) is 11.9 Å². The van der Waals surface area contributed by atoms with Crippen LogP contribution in [0.3, 0.4) is 0 Å². The van der Waals surface area contributed by atoms with Crippen LogP contribution in [0, 0.1) is 5.92 Å². The standard InChI is InChI=1S/C13H14ClF3N4/c14-9-3-1-2-8(9)7-19-12-10-6-11(13(15,16)17)20-21(10)5-4-18-12/h4-6,8-9H,1-3,7H2,(H,18,19). The minimum atomic E-state index is -4.46. The van der Waals surface area contributed by atoms with Gasteiger partial charge in [0.25, 0.3) is 0 Å². The highest BCUT2D eigenvalue weighted by atomic mass is 35.5. The molecule has 0 aromatic carbocycles. The molecular formula is C13H14ClF3N4. The second-order valence-electron chi connectivity index (χ2n) is 5.22. The van der Waals surface area contributed by atoms with E-state index in [4.69, 9.17) is 11.6 Å². The molecule has 1 aliphatic rings. The van der Waals surface area contributed by atoms with Gasteiger partial charge in [0.15, 0.2) is 11.5 Å². The van der Waals surface area contributed by atoms with Gasteiger partial charge in [-0.15, -0.1) is 11.6 Å². The molecule has 2 unspecified atom stereocenters. The van der Waals surface area contributed by atoms with Gasteiger partial charge < -0.3 is 5.32 Å². The predicted octanol–water partition coefficient (Wildman–Crippen LogP) is 3.57. The van der Waals surface area contributed by atoms with Crippen LogP contribution >= 0.6 is 11.6 Å². The molecule has 0 spiro atoms. The van der Waals surface area contributed by atoms with E-state index in [0.29, 0.717) is 23.8 Å². The molecule has 1 aliphatic carbocycles. The lowest BCUT2D eigenvalue weighted by molar-refractivity contribution is -0.141. The molecule has 0 amide bonds. The molecule has 114 valence electrons. The predicted molar refractivity (Wildman–Crippen MR) is 73.5 cm³/mol. The summed E-state index contributed by atoms with van der Waals surface area (Å²) in [7, 11) is 0. The first-order chi connectivity index (χ1) is 9.95. The first kappa shape index (κ1) is 14.4. The number of alkyl halides is 4. The van der Waals surface area contributed by atoms with Crippen LogP contribution < -0.4 is 5.32 Å². The van der Waals surface area contributed by atoms with Crippen molar-refractivity contribution in [3.8, 4) is 0 Å². The first-order valence-corrected chi connectivity index (χ1v) is 7.18.